The molecule has 1 amide bonds. The molecule has 23 heavy (non-hydrogen) atoms. The fourth-order valence-electron chi connectivity index (χ4n) is 2.79. The Hall–Kier alpha value is -2.11. The summed E-state index contributed by atoms with van der Waals surface area (Å²) in [5.74, 6) is -0.0186. The number of morpholine rings is 1. The van der Waals surface area contributed by atoms with E-state index < -0.39 is 0 Å². The Bertz CT molecular complexity index is 598. The zero-order chi connectivity index (χ0) is 15.9. The van der Waals surface area contributed by atoms with E-state index in [1.54, 1.807) is 0 Å². The highest BCUT2D eigenvalue weighted by atomic mass is 16.5. The van der Waals surface area contributed by atoms with Crippen LogP contribution in [0.2, 0.25) is 0 Å². The number of nitrogens with zero attached hydrogens (tertiary/aromatic N) is 2. The molecule has 1 aliphatic rings. The van der Waals surface area contributed by atoms with Gasteiger partial charge in [-0.3, -0.25) is 9.69 Å². The topological polar surface area (TPSA) is 46.5 Å². The molecule has 1 N–H and O–H groups in total. The van der Waals surface area contributed by atoms with Gasteiger partial charge in [0.25, 0.3) is 5.91 Å². The van der Waals surface area contributed by atoms with Crippen molar-refractivity contribution in [3.63, 3.8) is 0 Å². The van der Waals surface area contributed by atoms with Gasteiger partial charge < -0.3 is 14.6 Å². The largest absolute Gasteiger partial charge is 0.366 e. The summed E-state index contributed by atoms with van der Waals surface area (Å²) in [4.78, 5) is 14.5. The third-order valence-electron chi connectivity index (χ3n) is 4.03. The number of ether oxygens (including phenoxy) is 1. The maximum absolute atomic E-state index is 12.3. The SMILES string of the molecule is O=C(NCCn1cccc1)[C@H]1CN(Cc2ccccc2)CCO1. The average molecular weight is 313 g/mol. The van der Waals surface area contributed by atoms with Crippen LogP contribution in [-0.2, 0) is 22.6 Å². The van der Waals surface area contributed by atoms with E-state index in [1.807, 2.05) is 47.3 Å². The summed E-state index contributed by atoms with van der Waals surface area (Å²) in [6.45, 7) is 4.36. The molecular formula is C18H23N3O2. The number of aromatic nitrogens is 1. The van der Waals surface area contributed by atoms with Crippen LogP contribution in [0.15, 0.2) is 54.9 Å². The molecule has 0 unspecified atom stereocenters. The molecular weight excluding hydrogens is 290 g/mol. The molecule has 2 heterocycles. The summed E-state index contributed by atoms with van der Waals surface area (Å²) < 4.78 is 7.68. The second kappa shape index (κ2) is 7.94. The Balaban J connectivity index is 1.44. The van der Waals surface area contributed by atoms with Crippen LogP contribution in [0.1, 0.15) is 5.56 Å². The fraction of sp³-hybridized carbons (Fsp3) is 0.389. The van der Waals surface area contributed by atoms with Crippen LogP contribution in [0.3, 0.4) is 0 Å². The van der Waals surface area contributed by atoms with Crippen molar-refractivity contribution in [3.05, 3.63) is 60.4 Å². The van der Waals surface area contributed by atoms with Crippen molar-refractivity contribution >= 4 is 5.91 Å². The van der Waals surface area contributed by atoms with Crippen LogP contribution in [0.4, 0.5) is 0 Å². The van der Waals surface area contributed by atoms with Gasteiger partial charge in [0.2, 0.25) is 0 Å². The Kier molecular flexibility index (Phi) is 5.45. The van der Waals surface area contributed by atoms with Crippen molar-refractivity contribution < 1.29 is 9.53 Å². The van der Waals surface area contributed by atoms with Crippen LogP contribution in [-0.4, -0.2) is 47.7 Å². The molecule has 3 rings (SSSR count). The fourth-order valence-corrected chi connectivity index (χ4v) is 2.79. The zero-order valence-corrected chi connectivity index (χ0v) is 13.2. The van der Waals surface area contributed by atoms with Gasteiger partial charge >= 0.3 is 0 Å². The average Bonchev–Trinajstić information content (AvgIpc) is 3.09. The van der Waals surface area contributed by atoms with Crippen LogP contribution in [0.5, 0.6) is 0 Å². The lowest BCUT2D eigenvalue weighted by Crippen LogP contribution is -2.49. The molecule has 1 fully saturated rings. The van der Waals surface area contributed by atoms with Gasteiger partial charge in [-0.05, 0) is 17.7 Å². The van der Waals surface area contributed by atoms with Gasteiger partial charge in [-0.15, -0.1) is 0 Å². The highest BCUT2D eigenvalue weighted by Crippen LogP contribution is 2.10. The maximum atomic E-state index is 12.3. The first-order chi connectivity index (χ1) is 11.3. The number of carbonyl (C=O) groups excluding carboxylic acids is 1. The van der Waals surface area contributed by atoms with E-state index >= 15 is 0 Å². The summed E-state index contributed by atoms with van der Waals surface area (Å²) >= 11 is 0. The van der Waals surface area contributed by atoms with Crippen LogP contribution >= 0.6 is 0 Å². The normalized spacial score (nSPS) is 18.7. The van der Waals surface area contributed by atoms with Gasteiger partial charge in [0.05, 0.1) is 6.61 Å². The van der Waals surface area contributed by atoms with Crippen LogP contribution in [0, 0.1) is 0 Å². The molecule has 122 valence electrons. The van der Waals surface area contributed by atoms with Crippen LogP contribution < -0.4 is 5.32 Å². The maximum Gasteiger partial charge on any atom is 0.250 e. The second-order valence-corrected chi connectivity index (χ2v) is 5.79. The number of benzene rings is 1. The van der Waals surface area contributed by atoms with Gasteiger partial charge in [0, 0.05) is 45.1 Å². The van der Waals surface area contributed by atoms with E-state index in [0.29, 0.717) is 19.7 Å². The van der Waals surface area contributed by atoms with E-state index in [1.165, 1.54) is 5.56 Å². The van der Waals surface area contributed by atoms with E-state index in [4.69, 9.17) is 4.74 Å². The smallest absolute Gasteiger partial charge is 0.250 e. The molecule has 0 saturated carbocycles. The molecule has 2 aromatic rings. The lowest BCUT2D eigenvalue weighted by Gasteiger charge is -2.32. The highest BCUT2D eigenvalue weighted by molar-refractivity contribution is 5.81. The molecule has 0 radical (unpaired) electrons. The Morgan fingerprint density at radius 3 is 2.74 bits per heavy atom. The highest BCUT2D eigenvalue weighted by Gasteiger charge is 2.26. The molecule has 1 aliphatic heterocycles. The molecule has 0 aliphatic carbocycles. The minimum Gasteiger partial charge on any atom is -0.366 e. The predicted octanol–water partition coefficient (Wildman–Crippen LogP) is 1.51. The number of rotatable bonds is 6. The molecule has 0 bridgehead atoms. The number of amides is 1. The monoisotopic (exact) mass is 313 g/mol. The quantitative estimate of drug-likeness (QED) is 0.879. The van der Waals surface area contributed by atoms with Gasteiger partial charge in [-0.25, -0.2) is 0 Å². The first-order valence-electron chi connectivity index (χ1n) is 8.07. The molecule has 1 aromatic carbocycles. The molecule has 1 aromatic heterocycles. The minimum atomic E-state index is -0.378. The number of carbonyl (C=O) groups is 1. The van der Waals surface area contributed by atoms with Crippen LogP contribution in [0.25, 0.3) is 0 Å². The lowest BCUT2D eigenvalue weighted by atomic mass is 10.2. The Morgan fingerprint density at radius 1 is 1.17 bits per heavy atom. The van der Waals surface area contributed by atoms with E-state index in [2.05, 4.69) is 22.3 Å². The third-order valence-corrected chi connectivity index (χ3v) is 4.03. The van der Waals surface area contributed by atoms with E-state index in [9.17, 15) is 4.79 Å². The minimum absolute atomic E-state index is 0.0186. The zero-order valence-electron chi connectivity index (χ0n) is 13.2. The lowest BCUT2D eigenvalue weighted by molar-refractivity contribution is -0.138. The molecule has 1 atom stereocenters. The third kappa shape index (κ3) is 4.68. The van der Waals surface area contributed by atoms with Crippen molar-refractivity contribution in [1.29, 1.82) is 0 Å². The number of nitrogens with one attached hydrogen (secondary N) is 1. The Labute approximate surface area is 136 Å². The summed E-state index contributed by atoms with van der Waals surface area (Å²) in [7, 11) is 0. The van der Waals surface area contributed by atoms with Crippen molar-refractivity contribution in [2.75, 3.05) is 26.2 Å². The van der Waals surface area contributed by atoms with E-state index in [-0.39, 0.29) is 12.0 Å². The van der Waals surface area contributed by atoms with Gasteiger partial charge in [0.15, 0.2) is 0 Å². The summed E-state index contributed by atoms with van der Waals surface area (Å²) in [5.41, 5.74) is 1.26. The van der Waals surface area contributed by atoms with Gasteiger partial charge in [-0.1, -0.05) is 30.3 Å². The summed E-state index contributed by atoms with van der Waals surface area (Å²) in [5, 5.41) is 2.96. The van der Waals surface area contributed by atoms with E-state index in [0.717, 1.165) is 19.6 Å². The number of hydrogen-bond donors (Lipinski definition) is 1. The van der Waals surface area contributed by atoms with Crippen molar-refractivity contribution in [3.8, 4) is 0 Å². The summed E-state index contributed by atoms with van der Waals surface area (Å²) in [6.07, 6.45) is 3.60. The Morgan fingerprint density at radius 2 is 1.96 bits per heavy atom. The molecule has 1 saturated heterocycles. The first-order valence-corrected chi connectivity index (χ1v) is 8.07. The van der Waals surface area contributed by atoms with Gasteiger partial charge in [0.1, 0.15) is 6.10 Å². The molecule has 5 nitrogen and oxygen atoms in total. The van der Waals surface area contributed by atoms with Crippen molar-refractivity contribution in [2.24, 2.45) is 0 Å². The number of hydrogen-bond acceptors (Lipinski definition) is 3. The predicted molar refractivity (Wildman–Crippen MR) is 88.9 cm³/mol. The van der Waals surface area contributed by atoms with Gasteiger partial charge in [-0.2, -0.15) is 0 Å². The van der Waals surface area contributed by atoms with Crippen molar-refractivity contribution in [2.45, 2.75) is 19.2 Å². The molecule has 5 heteroatoms. The standard InChI is InChI=1S/C18H23N3O2/c22-18(19-8-11-20-9-4-5-10-20)17-15-21(12-13-23-17)14-16-6-2-1-3-7-16/h1-7,9-10,17H,8,11-15H2,(H,19,22)/t17-/m1/s1. The second-order valence-electron chi connectivity index (χ2n) is 5.79. The van der Waals surface area contributed by atoms with Crippen molar-refractivity contribution in [1.82, 2.24) is 14.8 Å². The molecule has 0 spiro atoms. The first kappa shape index (κ1) is 15.8. The summed E-state index contributed by atoms with van der Waals surface area (Å²) in [6, 6.07) is 14.3.